The molecule has 2 aliphatic rings. The van der Waals surface area contributed by atoms with Crippen LogP contribution in [0.4, 0.5) is 0 Å². The quantitative estimate of drug-likeness (QED) is 0.697. The third-order valence-electron chi connectivity index (χ3n) is 4.02. The van der Waals surface area contributed by atoms with Gasteiger partial charge in [0.1, 0.15) is 6.54 Å². The first kappa shape index (κ1) is 16.0. The Balaban J connectivity index is 0.00000162. The molecule has 0 bridgehead atoms. The summed E-state index contributed by atoms with van der Waals surface area (Å²) in [5.74, 6) is -0.681. The van der Waals surface area contributed by atoms with E-state index in [0.717, 1.165) is 25.7 Å². The Bertz CT molecular complexity index is 324. The smallest absolute Gasteiger partial charge is 0.323 e. The summed E-state index contributed by atoms with van der Waals surface area (Å²) in [6, 6.07) is -0.416. The molecule has 1 saturated heterocycles. The number of fused-ring (bicyclic) bond motifs is 1. The fourth-order valence-corrected chi connectivity index (χ4v) is 3.17. The van der Waals surface area contributed by atoms with Gasteiger partial charge in [-0.25, -0.2) is 0 Å². The molecule has 0 aromatic carbocycles. The molecule has 1 aliphatic carbocycles. The molecular formula is C12H20N2NaO3. The number of aliphatic carboxylic acids is 1. The number of rotatable bonds is 2. The van der Waals surface area contributed by atoms with Crippen LogP contribution in [0.5, 0.6) is 0 Å². The van der Waals surface area contributed by atoms with Crippen molar-refractivity contribution in [2.24, 2.45) is 11.7 Å². The van der Waals surface area contributed by atoms with Gasteiger partial charge in [0.25, 0.3) is 0 Å². The van der Waals surface area contributed by atoms with Crippen molar-refractivity contribution < 1.29 is 14.7 Å². The predicted octanol–water partition coefficient (Wildman–Crippen LogP) is 0.199. The first-order chi connectivity index (χ1) is 8.09. The van der Waals surface area contributed by atoms with Crippen molar-refractivity contribution >= 4 is 41.4 Å². The Morgan fingerprint density at radius 3 is 2.61 bits per heavy atom. The minimum absolute atomic E-state index is 0. The van der Waals surface area contributed by atoms with Gasteiger partial charge in [0.15, 0.2) is 0 Å². The van der Waals surface area contributed by atoms with Gasteiger partial charge >= 0.3 is 5.97 Å². The van der Waals surface area contributed by atoms with Crippen LogP contribution in [-0.2, 0) is 9.59 Å². The number of carbonyl (C=O) groups is 2. The molecule has 0 spiro atoms. The first-order valence-electron chi connectivity index (χ1n) is 6.37. The van der Waals surface area contributed by atoms with Gasteiger partial charge in [0.05, 0.1) is 6.04 Å². The van der Waals surface area contributed by atoms with E-state index in [0.29, 0.717) is 12.3 Å². The van der Waals surface area contributed by atoms with Gasteiger partial charge in [-0.2, -0.15) is 0 Å². The van der Waals surface area contributed by atoms with E-state index in [-0.39, 0.29) is 48.1 Å². The molecule has 6 heteroatoms. The van der Waals surface area contributed by atoms with Crippen molar-refractivity contribution in [1.29, 1.82) is 0 Å². The van der Waals surface area contributed by atoms with E-state index in [2.05, 4.69) is 0 Å². The van der Waals surface area contributed by atoms with E-state index in [9.17, 15) is 9.59 Å². The number of nitrogens with zero attached hydrogens (tertiary/aromatic N) is 1. The fraction of sp³-hybridized carbons (Fsp3) is 0.833. The van der Waals surface area contributed by atoms with Gasteiger partial charge in [-0.05, 0) is 31.6 Å². The Labute approximate surface area is 129 Å². The fourth-order valence-electron chi connectivity index (χ4n) is 3.17. The zero-order valence-electron chi connectivity index (χ0n) is 11.0. The summed E-state index contributed by atoms with van der Waals surface area (Å²) in [5.41, 5.74) is 5.81. The van der Waals surface area contributed by atoms with E-state index in [1.54, 1.807) is 0 Å². The molecule has 1 radical (unpaired) electrons. The van der Waals surface area contributed by atoms with Gasteiger partial charge in [-0.3, -0.25) is 9.59 Å². The topological polar surface area (TPSA) is 83.6 Å². The van der Waals surface area contributed by atoms with Crippen LogP contribution >= 0.6 is 0 Å². The van der Waals surface area contributed by atoms with E-state index in [4.69, 9.17) is 10.8 Å². The molecule has 2 fully saturated rings. The Kier molecular flexibility index (Phi) is 6.11. The standard InChI is InChI=1S/C12H20N2O3.Na/c13-9-6-5-8-3-1-2-4-10(8)14(12(9)17)7-11(15)16;/h8-10H,1-7,13H2,(H,15,16);/t8?,9-,10?;/m0./s1. The van der Waals surface area contributed by atoms with Gasteiger partial charge in [0, 0.05) is 35.6 Å². The SMILES string of the molecule is N[C@H]1CCC2CCCCC2N(CC(=O)O)C1=O.[Na]. The summed E-state index contributed by atoms with van der Waals surface area (Å²) >= 11 is 0. The maximum absolute atomic E-state index is 12.1. The molecule has 1 amide bonds. The number of carbonyl (C=O) groups excluding carboxylic acids is 1. The second-order valence-corrected chi connectivity index (χ2v) is 5.16. The zero-order valence-corrected chi connectivity index (χ0v) is 13.0. The largest absolute Gasteiger partial charge is 0.480 e. The number of carboxylic acids is 1. The average molecular weight is 263 g/mol. The third-order valence-corrected chi connectivity index (χ3v) is 4.02. The first-order valence-corrected chi connectivity index (χ1v) is 6.37. The second kappa shape index (κ2) is 6.89. The number of likely N-dealkylation sites (tertiary alicyclic amines) is 1. The summed E-state index contributed by atoms with van der Waals surface area (Å²) in [6.07, 6.45) is 5.94. The van der Waals surface area contributed by atoms with Gasteiger partial charge < -0.3 is 15.7 Å². The number of carboxylic acid groups (broad SMARTS) is 1. The van der Waals surface area contributed by atoms with Crippen LogP contribution in [0, 0.1) is 5.92 Å². The van der Waals surface area contributed by atoms with Crippen molar-refractivity contribution in [3.05, 3.63) is 0 Å². The minimum Gasteiger partial charge on any atom is -0.480 e. The maximum atomic E-state index is 12.1. The molecule has 3 atom stereocenters. The number of nitrogens with two attached hydrogens (primary N) is 1. The molecule has 5 nitrogen and oxygen atoms in total. The molecule has 18 heavy (non-hydrogen) atoms. The van der Waals surface area contributed by atoms with Crippen LogP contribution in [0.2, 0.25) is 0 Å². The van der Waals surface area contributed by atoms with Gasteiger partial charge in [-0.1, -0.05) is 12.8 Å². The molecule has 2 rings (SSSR count). The van der Waals surface area contributed by atoms with Crippen molar-refractivity contribution in [3.8, 4) is 0 Å². The van der Waals surface area contributed by atoms with Crippen LogP contribution in [-0.4, -0.2) is 70.1 Å². The molecule has 2 unspecified atom stereocenters. The molecule has 97 valence electrons. The van der Waals surface area contributed by atoms with E-state index >= 15 is 0 Å². The van der Waals surface area contributed by atoms with E-state index in [1.807, 2.05) is 0 Å². The van der Waals surface area contributed by atoms with Crippen molar-refractivity contribution in [3.63, 3.8) is 0 Å². The normalized spacial score (nSPS) is 32.2. The molecule has 3 N–H and O–H groups in total. The van der Waals surface area contributed by atoms with Gasteiger partial charge in [-0.15, -0.1) is 0 Å². The zero-order chi connectivity index (χ0) is 12.4. The summed E-state index contributed by atoms with van der Waals surface area (Å²) < 4.78 is 0. The van der Waals surface area contributed by atoms with E-state index < -0.39 is 12.0 Å². The number of amides is 1. The summed E-state index contributed by atoms with van der Waals surface area (Å²) in [4.78, 5) is 24.5. The van der Waals surface area contributed by atoms with Crippen LogP contribution in [0.25, 0.3) is 0 Å². The molecule has 1 heterocycles. The summed E-state index contributed by atoms with van der Waals surface area (Å²) in [7, 11) is 0. The average Bonchev–Trinajstić information content (AvgIpc) is 2.42. The van der Waals surface area contributed by atoms with Crippen LogP contribution < -0.4 is 5.73 Å². The Hall–Kier alpha value is -0.100. The minimum atomic E-state index is -0.947. The third kappa shape index (κ3) is 3.47. The monoisotopic (exact) mass is 263 g/mol. The maximum Gasteiger partial charge on any atom is 0.323 e. The van der Waals surface area contributed by atoms with Crippen molar-refractivity contribution in [2.75, 3.05) is 6.54 Å². The predicted molar refractivity (Wildman–Crippen MR) is 68.1 cm³/mol. The molecule has 0 aromatic heterocycles. The van der Waals surface area contributed by atoms with E-state index in [1.165, 1.54) is 11.3 Å². The van der Waals surface area contributed by atoms with Crippen LogP contribution in [0.15, 0.2) is 0 Å². The molecule has 0 aromatic rings. The molecule has 1 aliphatic heterocycles. The molecule has 1 saturated carbocycles. The molecular weight excluding hydrogens is 243 g/mol. The second-order valence-electron chi connectivity index (χ2n) is 5.16. The summed E-state index contributed by atoms with van der Waals surface area (Å²) in [6.45, 7) is -0.201. The van der Waals surface area contributed by atoms with Crippen LogP contribution in [0.1, 0.15) is 38.5 Å². The van der Waals surface area contributed by atoms with Gasteiger partial charge in [0.2, 0.25) is 5.91 Å². The Morgan fingerprint density at radius 1 is 1.28 bits per heavy atom. The van der Waals surface area contributed by atoms with Crippen molar-refractivity contribution in [1.82, 2.24) is 4.90 Å². The summed E-state index contributed by atoms with van der Waals surface area (Å²) in [5, 5.41) is 8.92. The Morgan fingerprint density at radius 2 is 1.94 bits per heavy atom. The van der Waals surface area contributed by atoms with Crippen molar-refractivity contribution in [2.45, 2.75) is 50.6 Å². The number of hydrogen-bond acceptors (Lipinski definition) is 3. The van der Waals surface area contributed by atoms with Crippen LogP contribution in [0.3, 0.4) is 0 Å². The number of hydrogen-bond donors (Lipinski definition) is 2.